The molecule has 0 bridgehead atoms. The molecular weight excluding hydrogens is 298 g/mol. The minimum absolute atomic E-state index is 0.210. The standard InChI is InChI=1S/C13H17NO6S/c15-13(16)4-8-21(17,18)14-5-3-10-1-2-11-12(9-10)20-7-6-19-11/h1-2,9,14H,3-8H2,(H,15,16). The molecule has 0 aromatic heterocycles. The number of benzene rings is 1. The quantitative estimate of drug-likeness (QED) is 0.755. The van der Waals surface area contributed by atoms with Crippen LogP contribution in [0.25, 0.3) is 0 Å². The van der Waals surface area contributed by atoms with E-state index < -0.39 is 28.2 Å². The van der Waals surface area contributed by atoms with E-state index in [4.69, 9.17) is 14.6 Å². The van der Waals surface area contributed by atoms with Gasteiger partial charge in [-0.25, -0.2) is 13.1 Å². The number of nitrogens with one attached hydrogen (secondary N) is 1. The molecule has 21 heavy (non-hydrogen) atoms. The van der Waals surface area contributed by atoms with Gasteiger partial charge in [0.15, 0.2) is 11.5 Å². The summed E-state index contributed by atoms with van der Waals surface area (Å²) < 4.78 is 36.3. The minimum atomic E-state index is -3.55. The molecule has 2 N–H and O–H groups in total. The van der Waals surface area contributed by atoms with Crippen molar-refractivity contribution in [3.63, 3.8) is 0 Å². The minimum Gasteiger partial charge on any atom is -0.486 e. The molecule has 8 heteroatoms. The number of carbonyl (C=O) groups is 1. The highest BCUT2D eigenvalue weighted by atomic mass is 32.2. The molecule has 0 aliphatic carbocycles. The van der Waals surface area contributed by atoms with Gasteiger partial charge in [-0.2, -0.15) is 0 Å². The van der Waals surface area contributed by atoms with E-state index in [1.807, 2.05) is 12.1 Å². The number of fused-ring (bicyclic) bond motifs is 1. The lowest BCUT2D eigenvalue weighted by Gasteiger charge is -2.18. The Morgan fingerprint density at radius 1 is 1.24 bits per heavy atom. The molecule has 0 atom stereocenters. The summed E-state index contributed by atoms with van der Waals surface area (Å²) >= 11 is 0. The van der Waals surface area contributed by atoms with Crippen LogP contribution in [0.5, 0.6) is 11.5 Å². The predicted octanol–water partition coefficient (Wildman–Crippen LogP) is 0.394. The normalized spacial score (nSPS) is 13.9. The summed E-state index contributed by atoms with van der Waals surface area (Å²) in [4.78, 5) is 10.4. The zero-order valence-electron chi connectivity index (χ0n) is 11.4. The summed E-state index contributed by atoms with van der Waals surface area (Å²) in [6.45, 7) is 1.23. The van der Waals surface area contributed by atoms with Gasteiger partial charge in [0.1, 0.15) is 13.2 Å². The van der Waals surface area contributed by atoms with E-state index in [9.17, 15) is 13.2 Å². The van der Waals surface area contributed by atoms with Crippen LogP contribution in [-0.4, -0.2) is 45.0 Å². The van der Waals surface area contributed by atoms with Crippen molar-refractivity contribution in [1.29, 1.82) is 0 Å². The molecule has 0 unspecified atom stereocenters. The van der Waals surface area contributed by atoms with E-state index in [0.717, 1.165) is 5.56 Å². The zero-order chi connectivity index (χ0) is 15.3. The van der Waals surface area contributed by atoms with Gasteiger partial charge in [-0.15, -0.1) is 0 Å². The highest BCUT2D eigenvalue weighted by Crippen LogP contribution is 2.30. The van der Waals surface area contributed by atoms with E-state index in [0.29, 0.717) is 31.1 Å². The number of rotatable bonds is 7. The molecular formula is C13H17NO6S. The fourth-order valence-electron chi connectivity index (χ4n) is 1.89. The molecule has 7 nitrogen and oxygen atoms in total. The topological polar surface area (TPSA) is 102 Å². The molecule has 1 heterocycles. The van der Waals surface area contributed by atoms with Gasteiger partial charge in [0.05, 0.1) is 12.2 Å². The molecule has 0 saturated heterocycles. The Kier molecular flexibility index (Phi) is 5.03. The van der Waals surface area contributed by atoms with Gasteiger partial charge >= 0.3 is 5.97 Å². The molecule has 0 amide bonds. The summed E-state index contributed by atoms with van der Waals surface area (Å²) in [6.07, 6.45) is 0.0856. The van der Waals surface area contributed by atoms with Crippen LogP contribution in [0.1, 0.15) is 12.0 Å². The number of hydrogen-bond acceptors (Lipinski definition) is 5. The fraction of sp³-hybridized carbons (Fsp3) is 0.462. The Hall–Kier alpha value is -1.80. The van der Waals surface area contributed by atoms with Crippen molar-refractivity contribution in [3.05, 3.63) is 23.8 Å². The molecule has 0 radical (unpaired) electrons. The number of sulfonamides is 1. The second-order valence-electron chi connectivity index (χ2n) is 4.58. The van der Waals surface area contributed by atoms with Crippen molar-refractivity contribution in [2.45, 2.75) is 12.8 Å². The van der Waals surface area contributed by atoms with Crippen LogP contribution in [0, 0.1) is 0 Å². The van der Waals surface area contributed by atoms with Crippen LogP contribution in [0.3, 0.4) is 0 Å². The molecule has 1 aliphatic heterocycles. The Labute approximate surface area is 122 Å². The highest BCUT2D eigenvalue weighted by Gasteiger charge is 2.14. The third-order valence-electron chi connectivity index (χ3n) is 2.93. The van der Waals surface area contributed by atoms with Gasteiger partial charge in [-0.3, -0.25) is 4.79 Å². The summed E-state index contributed by atoms with van der Waals surface area (Å²) in [5, 5.41) is 8.47. The lowest BCUT2D eigenvalue weighted by Crippen LogP contribution is -2.29. The number of carboxylic acids is 1. The number of hydrogen-bond donors (Lipinski definition) is 2. The first-order chi connectivity index (χ1) is 9.96. The van der Waals surface area contributed by atoms with Gasteiger partial charge < -0.3 is 14.6 Å². The van der Waals surface area contributed by atoms with Crippen LogP contribution in [-0.2, 0) is 21.2 Å². The van der Waals surface area contributed by atoms with E-state index in [-0.39, 0.29) is 6.54 Å². The summed E-state index contributed by atoms with van der Waals surface area (Å²) in [6, 6.07) is 5.46. The SMILES string of the molecule is O=C(O)CCS(=O)(=O)NCCc1ccc2c(c1)OCCO2. The predicted molar refractivity (Wildman–Crippen MR) is 75.2 cm³/mol. The van der Waals surface area contributed by atoms with Gasteiger partial charge in [0.25, 0.3) is 0 Å². The first-order valence-corrected chi connectivity index (χ1v) is 8.19. The van der Waals surface area contributed by atoms with Gasteiger partial charge in [0.2, 0.25) is 10.0 Å². The van der Waals surface area contributed by atoms with E-state index in [1.165, 1.54) is 0 Å². The van der Waals surface area contributed by atoms with Crippen molar-refractivity contribution in [1.82, 2.24) is 4.72 Å². The third kappa shape index (κ3) is 4.91. The smallest absolute Gasteiger partial charge is 0.304 e. The van der Waals surface area contributed by atoms with Crippen molar-refractivity contribution in [2.24, 2.45) is 0 Å². The van der Waals surface area contributed by atoms with E-state index in [1.54, 1.807) is 6.07 Å². The Balaban J connectivity index is 1.84. The number of aliphatic carboxylic acids is 1. The number of ether oxygens (including phenoxy) is 2. The molecule has 0 spiro atoms. The Morgan fingerprint density at radius 3 is 2.67 bits per heavy atom. The summed E-state index contributed by atoms with van der Waals surface area (Å²) in [7, 11) is -3.55. The van der Waals surface area contributed by atoms with Crippen LogP contribution in [0.15, 0.2) is 18.2 Å². The average molecular weight is 315 g/mol. The average Bonchev–Trinajstić information content (AvgIpc) is 2.45. The molecule has 1 aliphatic rings. The molecule has 0 saturated carbocycles. The van der Waals surface area contributed by atoms with E-state index >= 15 is 0 Å². The maximum Gasteiger partial charge on any atom is 0.304 e. The Bertz CT molecular complexity index is 613. The van der Waals surface area contributed by atoms with Crippen molar-refractivity contribution in [2.75, 3.05) is 25.5 Å². The summed E-state index contributed by atoms with van der Waals surface area (Å²) in [5.41, 5.74) is 0.917. The highest BCUT2D eigenvalue weighted by molar-refractivity contribution is 7.89. The van der Waals surface area contributed by atoms with Crippen LogP contribution >= 0.6 is 0 Å². The number of carboxylic acid groups (broad SMARTS) is 1. The van der Waals surface area contributed by atoms with E-state index in [2.05, 4.69) is 4.72 Å². The van der Waals surface area contributed by atoms with Crippen molar-refractivity contribution >= 4 is 16.0 Å². The van der Waals surface area contributed by atoms with Gasteiger partial charge in [0, 0.05) is 6.54 Å². The van der Waals surface area contributed by atoms with Crippen LogP contribution in [0.2, 0.25) is 0 Å². The molecule has 1 aromatic carbocycles. The lowest BCUT2D eigenvalue weighted by molar-refractivity contribution is -0.136. The first kappa shape index (κ1) is 15.6. The monoisotopic (exact) mass is 315 g/mol. The van der Waals surface area contributed by atoms with Crippen LogP contribution in [0.4, 0.5) is 0 Å². The third-order valence-corrected chi connectivity index (χ3v) is 4.31. The van der Waals surface area contributed by atoms with Crippen molar-refractivity contribution < 1.29 is 27.8 Å². The Morgan fingerprint density at radius 2 is 1.95 bits per heavy atom. The first-order valence-electron chi connectivity index (χ1n) is 6.54. The maximum atomic E-state index is 11.5. The largest absolute Gasteiger partial charge is 0.486 e. The second kappa shape index (κ2) is 6.77. The van der Waals surface area contributed by atoms with Gasteiger partial charge in [-0.05, 0) is 24.1 Å². The maximum absolute atomic E-state index is 11.5. The molecule has 2 rings (SSSR count). The molecule has 1 aromatic rings. The molecule has 0 fully saturated rings. The lowest BCUT2D eigenvalue weighted by atomic mass is 10.1. The fourth-order valence-corrected chi connectivity index (χ4v) is 2.89. The second-order valence-corrected chi connectivity index (χ2v) is 6.51. The summed E-state index contributed by atoms with van der Waals surface area (Å²) in [5.74, 6) is -0.199. The molecule has 116 valence electrons. The van der Waals surface area contributed by atoms with Crippen LogP contribution < -0.4 is 14.2 Å². The van der Waals surface area contributed by atoms with Crippen molar-refractivity contribution in [3.8, 4) is 11.5 Å². The zero-order valence-corrected chi connectivity index (χ0v) is 12.2. The van der Waals surface area contributed by atoms with Gasteiger partial charge in [-0.1, -0.05) is 6.07 Å².